The van der Waals surface area contributed by atoms with Gasteiger partial charge in [0.1, 0.15) is 17.3 Å². The summed E-state index contributed by atoms with van der Waals surface area (Å²) in [4.78, 5) is 41.0. The van der Waals surface area contributed by atoms with E-state index < -0.39 is 36.8 Å². The van der Waals surface area contributed by atoms with Gasteiger partial charge in [-0.3, -0.25) is 19.4 Å². The fraction of sp³-hybridized carbons (Fsp3) is 0.333. The molecule has 0 spiro atoms. The van der Waals surface area contributed by atoms with Crippen LogP contribution in [0.4, 0.5) is 5.69 Å². The number of carboxylic acid groups (broad SMARTS) is 1. The number of aliphatic imine (C=N–C) groups is 1. The lowest BCUT2D eigenvalue weighted by molar-refractivity contribution is -0.137. The van der Waals surface area contributed by atoms with Gasteiger partial charge in [-0.25, -0.2) is 0 Å². The second kappa shape index (κ2) is 12.6. The molecule has 3 rings (SSSR count). The summed E-state index contributed by atoms with van der Waals surface area (Å²) in [5.41, 5.74) is 0.730. The minimum absolute atomic E-state index is 0.0135. The molecule has 0 aromatic heterocycles. The Morgan fingerprint density at radius 2 is 1.86 bits per heavy atom. The molecular weight excluding hydrogens is 556 g/mol. The van der Waals surface area contributed by atoms with Crippen molar-refractivity contribution in [3.63, 3.8) is 0 Å². The smallest absolute Gasteiger partial charge is 0.305 e. The number of carbonyl (C=O) groups excluding carboxylic acids is 2. The fourth-order valence-corrected chi connectivity index (χ4v) is 4.56. The number of amidine groups is 1. The zero-order chi connectivity index (χ0) is 26.2. The van der Waals surface area contributed by atoms with Gasteiger partial charge in [-0.15, -0.1) is 0 Å². The van der Waals surface area contributed by atoms with E-state index in [2.05, 4.69) is 36.9 Å². The summed E-state index contributed by atoms with van der Waals surface area (Å²) in [6, 6.07) is 6.06. The average Bonchev–Trinajstić information content (AvgIpc) is 3.07. The molecule has 0 saturated carbocycles. The van der Waals surface area contributed by atoms with Crippen molar-refractivity contribution in [3.8, 4) is 11.5 Å². The largest absolute Gasteiger partial charge is 0.508 e. The van der Waals surface area contributed by atoms with Crippen LogP contribution in [0.25, 0.3) is 0 Å². The number of carboxylic acids is 1. The Bertz CT molecular complexity index is 1190. The number of phenolic OH excluding ortho intramolecular Hbond substituents is 2. The van der Waals surface area contributed by atoms with Gasteiger partial charge in [0.05, 0.1) is 24.0 Å². The van der Waals surface area contributed by atoms with Crippen molar-refractivity contribution in [1.29, 1.82) is 0 Å². The summed E-state index contributed by atoms with van der Waals surface area (Å²) >= 11 is 9.20. The number of halogens is 2. The Kier molecular flexibility index (Phi) is 9.54. The van der Waals surface area contributed by atoms with E-state index >= 15 is 0 Å². The number of amides is 2. The maximum Gasteiger partial charge on any atom is 0.305 e. The van der Waals surface area contributed by atoms with E-state index in [-0.39, 0.29) is 27.6 Å². The molecule has 192 valence electrons. The molecule has 2 amide bonds. The molecule has 10 nitrogen and oxygen atoms in total. The van der Waals surface area contributed by atoms with Crippen LogP contribution in [0.2, 0.25) is 5.02 Å². The number of nitrogens with zero attached hydrogens (tertiary/aromatic N) is 1. The second-order valence-corrected chi connectivity index (χ2v) is 9.58. The molecule has 12 heteroatoms. The van der Waals surface area contributed by atoms with Crippen molar-refractivity contribution < 1.29 is 29.7 Å². The topological polar surface area (TPSA) is 160 Å². The van der Waals surface area contributed by atoms with E-state index in [1.54, 1.807) is 0 Å². The number of hydrogen-bond acceptors (Lipinski definition) is 7. The molecular formula is C24H26BrClN4O6. The van der Waals surface area contributed by atoms with Gasteiger partial charge < -0.3 is 31.3 Å². The van der Waals surface area contributed by atoms with E-state index in [0.29, 0.717) is 10.2 Å². The number of phenols is 2. The van der Waals surface area contributed by atoms with Crippen molar-refractivity contribution in [3.05, 3.63) is 51.0 Å². The molecule has 0 aliphatic carbocycles. The van der Waals surface area contributed by atoms with E-state index in [4.69, 9.17) is 11.6 Å². The Hall–Kier alpha value is -3.31. The van der Waals surface area contributed by atoms with Crippen molar-refractivity contribution in [2.75, 3.05) is 18.4 Å². The van der Waals surface area contributed by atoms with Gasteiger partial charge in [-0.05, 0) is 37.1 Å². The van der Waals surface area contributed by atoms with Crippen LogP contribution in [-0.2, 0) is 9.59 Å². The monoisotopic (exact) mass is 580 g/mol. The number of nitrogens with one attached hydrogen (secondary N) is 3. The molecule has 2 aromatic carbocycles. The summed E-state index contributed by atoms with van der Waals surface area (Å²) in [6.45, 7) is 0.249. The minimum atomic E-state index is -1.21. The third-order valence-electron chi connectivity index (χ3n) is 5.40. The van der Waals surface area contributed by atoms with Gasteiger partial charge in [0.2, 0.25) is 5.91 Å². The van der Waals surface area contributed by atoms with Crippen LogP contribution in [0.1, 0.15) is 54.1 Å². The zero-order valence-corrected chi connectivity index (χ0v) is 21.5. The van der Waals surface area contributed by atoms with E-state index in [1.165, 1.54) is 30.3 Å². The highest BCUT2D eigenvalue weighted by atomic mass is 79.9. The molecule has 0 radical (unpaired) electrons. The SMILES string of the molecule is O=C(O)C[C@@H](NC(=O)CNC(=O)c1cc(O)cc(NC2=NCCCCC2)c1)c1cc(Br)cc(Cl)c1O. The first-order valence-corrected chi connectivity index (χ1v) is 12.4. The predicted octanol–water partition coefficient (Wildman–Crippen LogP) is 3.96. The van der Waals surface area contributed by atoms with Crippen molar-refractivity contribution in [1.82, 2.24) is 10.6 Å². The molecule has 1 aliphatic heterocycles. The lowest BCUT2D eigenvalue weighted by Gasteiger charge is -2.20. The minimum Gasteiger partial charge on any atom is -0.508 e. The maximum absolute atomic E-state index is 12.7. The van der Waals surface area contributed by atoms with Crippen LogP contribution < -0.4 is 16.0 Å². The number of anilines is 1. The summed E-state index contributed by atoms with van der Waals surface area (Å²) < 4.78 is 0.487. The van der Waals surface area contributed by atoms with Gasteiger partial charge in [0, 0.05) is 40.3 Å². The lowest BCUT2D eigenvalue weighted by atomic mass is 10.0. The van der Waals surface area contributed by atoms with Crippen LogP contribution in [0.15, 0.2) is 39.8 Å². The van der Waals surface area contributed by atoms with E-state index in [9.17, 15) is 29.7 Å². The third-order valence-corrected chi connectivity index (χ3v) is 6.15. The summed E-state index contributed by atoms with van der Waals surface area (Å²) in [6.07, 6.45) is 3.35. The van der Waals surface area contributed by atoms with Crippen LogP contribution in [0.5, 0.6) is 11.5 Å². The normalized spacial score (nSPS) is 14.2. The van der Waals surface area contributed by atoms with Crippen LogP contribution in [0, 0.1) is 0 Å². The third kappa shape index (κ3) is 7.85. The number of hydrogen-bond donors (Lipinski definition) is 6. The molecule has 1 aliphatic rings. The highest BCUT2D eigenvalue weighted by Gasteiger charge is 2.23. The molecule has 2 aromatic rings. The molecule has 0 unspecified atom stereocenters. The Morgan fingerprint density at radius 3 is 2.61 bits per heavy atom. The molecule has 1 heterocycles. The lowest BCUT2D eigenvalue weighted by Crippen LogP contribution is -2.39. The molecule has 0 fully saturated rings. The van der Waals surface area contributed by atoms with Crippen molar-refractivity contribution >= 4 is 56.8 Å². The standard InChI is InChI=1S/C24H26BrClN4O6/c25-14-8-17(23(35)18(26)9-14)19(11-22(33)34)30-21(32)12-28-24(36)13-6-15(10-16(31)7-13)29-20-4-2-1-3-5-27-20/h6-10,19,31,35H,1-5,11-12H2,(H,27,29)(H,28,36)(H,30,32)(H,33,34)/t19-/m1/s1. The Labute approximate surface area is 220 Å². The predicted molar refractivity (Wildman–Crippen MR) is 139 cm³/mol. The maximum atomic E-state index is 12.7. The summed E-state index contributed by atoms with van der Waals surface area (Å²) in [7, 11) is 0. The highest BCUT2D eigenvalue weighted by Crippen LogP contribution is 2.36. The number of carbonyl (C=O) groups is 3. The van der Waals surface area contributed by atoms with E-state index in [0.717, 1.165) is 38.1 Å². The number of aromatic hydroxyl groups is 2. The highest BCUT2D eigenvalue weighted by molar-refractivity contribution is 9.10. The van der Waals surface area contributed by atoms with Crippen LogP contribution >= 0.6 is 27.5 Å². The first-order chi connectivity index (χ1) is 17.1. The van der Waals surface area contributed by atoms with Crippen molar-refractivity contribution in [2.45, 2.75) is 38.1 Å². The Morgan fingerprint density at radius 1 is 1.08 bits per heavy atom. The first kappa shape index (κ1) is 27.3. The molecule has 6 N–H and O–H groups in total. The van der Waals surface area contributed by atoms with Crippen LogP contribution in [-0.4, -0.2) is 52.0 Å². The molecule has 36 heavy (non-hydrogen) atoms. The van der Waals surface area contributed by atoms with Crippen LogP contribution in [0.3, 0.4) is 0 Å². The second-order valence-electron chi connectivity index (χ2n) is 8.26. The van der Waals surface area contributed by atoms with Gasteiger partial charge in [0.25, 0.3) is 5.91 Å². The zero-order valence-electron chi connectivity index (χ0n) is 19.2. The molecule has 0 saturated heterocycles. The number of rotatable bonds is 8. The van der Waals surface area contributed by atoms with Gasteiger partial charge in [-0.1, -0.05) is 34.0 Å². The van der Waals surface area contributed by atoms with E-state index in [1.807, 2.05) is 0 Å². The Balaban J connectivity index is 1.66. The number of aliphatic carboxylic acids is 1. The summed E-state index contributed by atoms with van der Waals surface area (Å²) in [5.74, 6) is -2.21. The van der Waals surface area contributed by atoms with Gasteiger partial charge in [-0.2, -0.15) is 0 Å². The molecule has 0 bridgehead atoms. The van der Waals surface area contributed by atoms with Crippen molar-refractivity contribution in [2.24, 2.45) is 4.99 Å². The quantitative estimate of drug-likeness (QED) is 0.275. The first-order valence-electron chi connectivity index (χ1n) is 11.2. The summed E-state index contributed by atoms with van der Waals surface area (Å²) in [5, 5.41) is 37.7. The van der Waals surface area contributed by atoms with Gasteiger partial charge in [0.15, 0.2) is 0 Å². The van der Waals surface area contributed by atoms with Gasteiger partial charge >= 0.3 is 5.97 Å². The number of benzene rings is 2. The fourth-order valence-electron chi connectivity index (χ4n) is 3.73. The average molecular weight is 582 g/mol. The molecule has 1 atom stereocenters.